The quantitative estimate of drug-likeness (QED) is 0.904. The van der Waals surface area contributed by atoms with Gasteiger partial charge in [-0.2, -0.15) is 0 Å². The third-order valence-electron chi connectivity index (χ3n) is 3.56. The fourth-order valence-electron chi connectivity index (χ4n) is 2.49. The number of halogens is 2. The zero-order valence-corrected chi connectivity index (χ0v) is 13.7. The third kappa shape index (κ3) is 3.71. The lowest BCUT2D eigenvalue weighted by molar-refractivity contribution is -0.124. The summed E-state index contributed by atoms with van der Waals surface area (Å²) < 4.78 is 11.0. The first-order chi connectivity index (χ1) is 11.1. The van der Waals surface area contributed by atoms with Crippen molar-refractivity contribution in [3.8, 4) is 11.5 Å². The predicted octanol–water partition coefficient (Wildman–Crippen LogP) is 4.01. The van der Waals surface area contributed by atoms with Crippen molar-refractivity contribution in [3.05, 3.63) is 58.1 Å². The van der Waals surface area contributed by atoms with Gasteiger partial charge in [0, 0.05) is 12.0 Å². The summed E-state index contributed by atoms with van der Waals surface area (Å²) in [6, 6.07) is 12.6. The molecule has 1 heterocycles. The molecule has 6 heteroatoms. The van der Waals surface area contributed by atoms with Crippen LogP contribution in [-0.2, 0) is 4.79 Å². The molecular formula is C17H15Cl2NO3. The Morgan fingerprint density at radius 3 is 2.70 bits per heavy atom. The molecule has 0 radical (unpaired) electrons. The van der Waals surface area contributed by atoms with E-state index in [1.54, 1.807) is 18.2 Å². The van der Waals surface area contributed by atoms with Crippen LogP contribution in [0, 0.1) is 0 Å². The number of carbonyl (C=O) groups excluding carboxylic acids is 1. The molecule has 0 fully saturated rings. The Labute approximate surface area is 144 Å². The lowest BCUT2D eigenvalue weighted by Gasteiger charge is -2.26. The molecule has 0 bridgehead atoms. The topological polar surface area (TPSA) is 47.6 Å². The fraction of sp³-hybridized carbons (Fsp3) is 0.235. The monoisotopic (exact) mass is 351 g/mol. The number of ether oxygens (including phenoxy) is 2. The van der Waals surface area contributed by atoms with Crippen LogP contribution in [0.5, 0.6) is 11.5 Å². The van der Waals surface area contributed by atoms with Gasteiger partial charge in [0.05, 0.1) is 22.7 Å². The van der Waals surface area contributed by atoms with Gasteiger partial charge < -0.3 is 14.8 Å². The zero-order valence-electron chi connectivity index (χ0n) is 12.2. The van der Waals surface area contributed by atoms with E-state index in [0.717, 1.165) is 17.7 Å². The number of amides is 1. The minimum Gasteiger partial charge on any atom is -0.493 e. The van der Waals surface area contributed by atoms with Crippen LogP contribution in [-0.4, -0.2) is 19.1 Å². The van der Waals surface area contributed by atoms with Crippen molar-refractivity contribution in [1.82, 2.24) is 5.32 Å². The summed E-state index contributed by atoms with van der Waals surface area (Å²) in [4.78, 5) is 12.2. The number of hydrogen-bond donors (Lipinski definition) is 1. The Kier molecular flexibility index (Phi) is 4.94. The molecule has 1 atom stereocenters. The van der Waals surface area contributed by atoms with Crippen LogP contribution in [0.15, 0.2) is 42.5 Å². The smallest absolute Gasteiger partial charge is 0.258 e. The van der Waals surface area contributed by atoms with Gasteiger partial charge in [0.1, 0.15) is 5.75 Å². The summed E-state index contributed by atoms with van der Waals surface area (Å²) in [5.74, 6) is 0.889. The number of hydrogen-bond acceptors (Lipinski definition) is 3. The molecule has 1 amide bonds. The highest BCUT2D eigenvalue weighted by Crippen LogP contribution is 2.33. The average Bonchev–Trinajstić information content (AvgIpc) is 2.55. The van der Waals surface area contributed by atoms with E-state index >= 15 is 0 Å². The highest BCUT2D eigenvalue weighted by molar-refractivity contribution is 6.37. The fourth-order valence-corrected chi connectivity index (χ4v) is 2.99. The Balaban J connectivity index is 1.63. The van der Waals surface area contributed by atoms with Crippen molar-refractivity contribution < 1.29 is 14.3 Å². The van der Waals surface area contributed by atoms with Crippen molar-refractivity contribution in [3.63, 3.8) is 0 Å². The second-order valence-electron chi connectivity index (χ2n) is 5.13. The second-order valence-corrected chi connectivity index (χ2v) is 5.95. The lowest BCUT2D eigenvalue weighted by atomic mass is 10.0. The molecule has 2 aromatic rings. The standard InChI is InChI=1S/C17H15Cl2NO3/c18-12-5-3-6-13(19)17(12)23-10-16(21)20-14-8-9-22-15-7-2-1-4-11(14)15/h1-7,14H,8-10H2,(H,20,21). The van der Waals surface area contributed by atoms with Gasteiger partial charge in [-0.25, -0.2) is 0 Å². The van der Waals surface area contributed by atoms with Crippen molar-refractivity contribution in [2.24, 2.45) is 0 Å². The van der Waals surface area contributed by atoms with E-state index in [-0.39, 0.29) is 18.6 Å². The van der Waals surface area contributed by atoms with Crippen molar-refractivity contribution in [2.45, 2.75) is 12.5 Å². The molecule has 2 aromatic carbocycles. The van der Waals surface area contributed by atoms with Crippen molar-refractivity contribution in [1.29, 1.82) is 0 Å². The van der Waals surface area contributed by atoms with Gasteiger partial charge in [-0.15, -0.1) is 0 Å². The Hall–Kier alpha value is -1.91. The van der Waals surface area contributed by atoms with Gasteiger partial charge in [0.25, 0.3) is 5.91 Å². The average molecular weight is 352 g/mol. The van der Waals surface area contributed by atoms with Crippen LogP contribution in [0.2, 0.25) is 10.0 Å². The van der Waals surface area contributed by atoms with E-state index in [2.05, 4.69) is 5.32 Å². The number of nitrogens with one attached hydrogen (secondary N) is 1. The highest BCUT2D eigenvalue weighted by atomic mass is 35.5. The van der Waals surface area contributed by atoms with E-state index in [4.69, 9.17) is 32.7 Å². The van der Waals surface area contributed by atoms with Gasteiger partial charge in [0.2, 0.25) is 0 Å². The summed E-state index contributed by atoms with van der Waals surface area (Å²) in [7, 11) is 0. The SMILES string of the molecule is O=C(COc1c(Cl)cccc1Cl)NC1CCOc2ccccc21. The Bertz CT molecular complexity index is 700. The molecule has 1 aliphatic heterocycles. The molecule has 120 valence electrons. The zero-order chi connectivity index (χ0) is 16.2. The number of carbonyl (C=O) groups is 1. The maximum Gasteiger partial charge on any atom is 0.258 e. The molecule has 1 unspecified atom stereocenters. The first-order valence-electron chi connectivity index (χ1n) is 7.23. The third-order valence-corrected chi connectivity index (χ3v) is 4.16. The van der Waals surface area contributed by atoms with Gasteiger partial charge in [0.15, 0.2) is 12.4 Å². The van der Waals surface area contributed by atoms with Crippen molar-refractivity contribution >= 4 is 29.1 Å². The lowest BCUT2D eigenvalue weighted by Crippen LogP contribution is -2.35. The van der Waals surface area contributed by atoms with E-state index in [1.165, 1.54) is 0 Å². The van der Waals surface area contributed by atoms with E-state index in [1.807, 2.05) is 24.3 Å². The first-order valence-corrected chi connectivity index (χ1v) is 7.98. The summed E-state index contributed by atoms with van der Waals surface area (Å²) in [6.07, 6.45) is 0.718. The second kappa shape index (κ2) is 7.11. The molecule has 0 aromatic heterocycles. The van der Waals surface area contributed by atoms with Gasteiger partial charge in [-0.05, 0) is 18.2 Å². The normalized spacial score (nSPS) is 16.2. The highest BCUT2D eigenvalue weighted by Gasteiger charge is 2.22. The molecule has 23 heavy (non-hydrogen) atoms. The van der Waals surface area contributed by atoms with Crippen LogP contribution >= 0.6 is 23.2 Å². The molecule has 4 nitrogen and oxygen atoms in total. The minimum absolute atomic E-state index is 0.0854. The summed E-state index contributed by atoms with van der Waals surface area (Å²) >= 11 is 12.0. The van der Waals surface area contributed by atoms with Crippen LogP contribution in [0.3, 0.4) is 0 Å². The summed E-state index contributed by atoms with van der Waals surface area (Å²) in [6.45, 7) is 0.419. The Morgan fingerprint density at radius 1 is 1.17 bits per heavy atom. The molecule has 0 saturated heterocycles. The first kappa shape index (κ1) is 16.0. The molecule has 0 aliphatic carbocycles. The number of para-hydroxylation sites is 2. The summed E-state index contributed by atoms with van der Waals surface area (Å²) in [5.41, 5.74) is 0.975. The largest absolute Gasteiger partial charge is 0.493 e. The molecule has 3 rings (SSSR count). The van der Waals surface area contributed by atoms with Crippen LogP contribution in [0.1, 0.15) is 18.0 Å². The van der Waals surface area contributed by atoms with Crippen LogP contribution < -0.4 is 14.8 Å². The molecule has 1 N–H and O–H groups in total. The number of fused-ring (bicyclic) bond motifs is 1. The number of benzene rings is 2. The molecule has 1 aliphatic rings. The van der Waals surface area contributed by atoms with E-state index < -0.39 is 0 Å². The number of rotatable bonds is 4. The molecule has 0 spiro atoms. The van der Waals surface area contributed by atoms with Crippen LogP contribution in [0.4, 0.5) is 0 Å². The maximum absolute atomic E-state index is 12.2. The van der Waals surface area contributed by atoms with Gasteiger partial charge in [-0.1, -0.05) is 47.5 Å². The minimum atomic E-state index is -0.234. The van der Waals surface area contributed by atoms with Crippen LogP contribution in [0.25, 0.3) is 0 Å². The molecule has 0 saturated carbocycles. The van der Waals surface area contributed by atoms with E-state index in [9.17, 15) is 4.79 Å². The molecular weight excluding hydrogens is 337 g/mol. The Morgan fingerprint density at radius 2 is 1.91 bits per heavy atom. The van der Waals surface area contributed by atoms with Crippen molar-refractivity contribution in [2.75, 3.05) is 13.2 Å². The summed E-state index contributed by atoms with van der Waals surface area (Å²) in [5, 5.41) is 3.71. The van der Waals surface area contributed by atoms with E-state index in [0.29, 0.717) is 22.4 Å². The predicted molar refractivity (Wildman–Crippen MR) is 89.4 cm³/mol. The van der Waals surface area contributed by atoms with Gasteiger partial charge in [-0.3, -0.25) is 4.79 Å². The maximum atomic E-state index is 12.2. The van der Waals surface area contributed by atoms with Gasteiger partial charge >= 0.3 is 0 Å².